The molecule has 112 valence electrons. The van der Waals surface area contributed by atoms with Crippen LogP contribution in [0.5, 0.6) is 0 Å². The Morgan fingerprint density at radius 2 is 2.30 bits per heavy atom. The Labute approximate surface area is 126 Å². The number of fused-ring (bicyclic) bond motifs is 1. The van der Waals surface area contributed by atoms with Crippen molar-refractivity contribution in [2.45, 2.75) is 33.2 Å². The molecule has 0 spiro atoms. The summed E-state index contributed by atoms with van der Waals surface area (Å²) in [6, 6.07) is 2.27. The van der Waals surface area contributed by atoms with Crippen LogP contribution in [0.2, 0.25) is 0 Å². The molecule has 1 aliphatic rings. The van der Waals surface area contributed by atoms with Crippen LogP contribution in [-0.2, 0) is 13.0 Å². The van der Waals surface area contributed by atoms with E-state index in [0.29, 0.717) is 0 Å². The van der Waals surface area contributed by atoms with Crippen molar-refractivity contribution in [2.24, 2.45) is 4.99 Å². The first-order chi connectivity index (χ1) is 9.83. The van der Waals surface area contributed by atoms with Crippen LogP contribution in [0.1, 0.15) is 30.7 Å². The Bertz CT molecular complexity index is 427. The second-order valence-electron chi connectivity index (χ2n) is 5.08. The number of rotatable bonds is 6. The summed E-state index contributed by atoms with van der Waals surface area (Å²) in [5.74, 6) is 0.947. The quantitative estimate of drug-likeness (QED) is 0.623. The number of thiophene rings is 1. The molecule has 2 N–H and O–H groups in total. The first kappa shape index (κ1) is 15.3. The Balaban J connectivity index is 1.72. The van der Waals surface area contributed by atoms with Crippen LogP contribution in [0, 0.1) is 0 Å². The Morgan fingerprint density at radius 3 is 3.10 bits per heavy atom. The molecule has 5 heteroatoms. The highest BCUT2D eigenvalue weighted by molar-refractivity contribution is 7.10. The molecule has 0 unspecified atom stereocenters. The van der Waals surface area contributed by atoms with Crippen LogP contribution in [0.25, 0.3) is 0 Å². The lowest BCUT2D eigenvalue weighted by Crippen LogP contribution is -2.42. The van der Waals surface area contributed by atoms with Gasteiger partial charge in [0.25, 0.3) is 0 Å². The van der Waals surface area contributed by atoms with Gasteiger partial charge in [-0.1, -0.05) is 6.92 Å². The first-order valence-corrected chi connectivity index (χ1v) is 8.51. The van der Waals surface area contributed by atoms with Gasteiger partial charge in [-0.25, -0.2) is 0 Å². The van der Waals surface area contributed by atoms with Crippen molar-refractivity contribution in [3.63, 3.8) is 0 Å². The molecule has 2 heterocycles. The van der Waals surface area contributed by atoms with Crippen LogP contribution in [-0.4, -0.2) is 43.6 Å². The second kappa shape index (κ2) is 8.27. The van der Waals surface area contributed by atoms with Crippen molar-refractivity contribution < 1.29 is 0 Å². The smallest absolute Gasteiger partial charge is 0.191 e. The minimum Gasteiger partial charge on any atom is -0.357 e. The summed E-state index contributed by atoms with van der Waals surface area (Å²) in [7, 11) is 0. The molecular weight excluding hydrogens is 268 g/mol. The predicted molar refractivity (Wildman–Crippen MR) is 87.6 cm³/mol. The summed E-state index contributed by atoms with van der Waals surface area (Å²) in [4.78, 5) is 8.62. The average Bonchev–Trinajstić information content (AvgIpc) is 2.92. The lowest BCUT2D eigenvalue weighted by molar-refractivity contribution is 0.260. The SMILES string of the molecule is CCCN=C(NCC)NCCN1CCc2sccc2C1. The normalized spacial score (nSPS) is 16.0. The van der Waals surface area contributed by atoms with E-state index in [1.807, 2.05) is 11.3 Å². The molecule has 0 radical (unpaired) electrons. The topological polar surface area (TPSA) is 39.7 Å². The lowest BCUT2D eigenvalue weighted by Gasteiger charge is -2.27. The van der Waals surface area contributed by atoms with Gasteiger partial charge < -0.3 is 10.6 Å². The molecule has 0 bridgehead atoms. The van der Waals surface area contributed by atoms with E-state index in [1.165, 1.54) is 18.5 Å². The largest absolute Gasteiger partial charge is 0.357 e. The van der Waals surface area contributed by atoms with Crippen LogP contribution in [0.4, 0.5) is 0 Å². The van der Waals surface area contributed by atoms with Gasteiger partial charge in [-0.15, -0.1) is 11.3 Å². The summed E-state index contributed by atoms with van der Waals surface area (Å²) in [6.45, 7) is 10.4. The molecule has 0 amide bonds. The van der Waals surface area contributed by atoms with Crippen molar-refractivity contribution in [3.8, 4) is 0 Å². The van der Waals surface area contributed by atoms with Gasteiger partial charge in [0.2, 0.25) is 0 Å². The minimum absolute atomic E-state index is 0.886. The number of aliphatic imine (C=N–C) groups is 1. The third-order valence-corrected chi connectivity index (χ3v) is 4.47. The van der Waals surface area contributed by atoms with E-state index in [9.17, 15) is 0 Å². The zero-order valence-corrected chi connectivity index (χ0v) is 13.4. The van der Waals surface area contributed by atoms with Crippen LogP contribution in [0.15, 0.2) is 16.4 Å². The molecule has 4 nitrogen and oxygen atoms in total. The van der Waals surface area contributed by atoms with Gasteiger partial charge in [-0.3, -0.25) is 9.89 Å². The number of guanidine groups is 1. The zero-order chi connectivity index (χ0) is 14.2. The van der Waals surface area contributed by atoms with E-state index in [1.54, 1.807) is 4.88 Å². The fraction of sp³-hybridized carbons (Fsp3) is 0.667. The van der Waals surface area contributed by atoms with Crippen molar-refractivity contribution >= 4 is 17.3 Å². The summed E-state index contributed by atoms with van der Waals surface area (Å²) < 4.78 is 0. The van der Waals surface area contributed by atoms with E-state index in [0.717, 1.165) is 45.1 Å². The number of hydrogen-bond acceptors (Lipinski definition) is 3. The highest BCUT2D eigenvalue weighted by Gasteiger charge is 2.16. The molecule has 1 aromatic rings. The fourth-order valence-electron chi connectivity index (χ4n) is 2.40. The van der Waals surface area contributed by atoms with Crippen molar-refractivity contribution in [2.75, 3.05) is 32.7 Å². The first-order valence-electron chi connectivity index (χ1n) is 7.63. The van der Waals surface area contributed by atoms with Crippen LogP contribution < -0.4 is 10.6 Å². The van der Waals surface area contributed by atoms with Gasteiger partial charge in [0.1, 0.15) is 0 Å². The van der Waals surface area contributed by atoms with Crippen molar-refractivity contribution in [1.29, 1.82) is 0 Å². The molecule has 2 rings (SSSR count). The van der Waals surface area contributed by atoms with Gasteiger partial charge in [0, 0.05) is 44.1 Å². The lowest BCUT2D eigenvalue weighted by atomic mass is 10.1. The molecular formula is C15H26N4S. The Hall–Kier alpha value is -1.07. The molecule has 0 saturated heterocycles. The average molecular weight is 294 g/mol. The number of hydrogen-bond donors (Lipinski definition) is 2. The van der Waals surface area contributed by atoms with E-state index in [2.05, 4.69) is 45.8 Å². The zero-order valence-electron chi connectivity index (χ0n) is 12.6. The van der Waals surface area contributed by atoms with E-state index < -0.39 is 0 Å². The third-order valence-electron chi connectivity index (χ3n) is 3.44. The van der Waals surface area contributed by atoms with Gasteiger partial charge in [0.15, 0.2) is 5.96 Å². The summed E-state index contributed by atoms with van der Waals surface area (Å²) >= 11 is 1.90. The highest BCUT2D eigenvalue weighted by Crippen LogP contribution is 2.23. The molecule has 1 aliphatic heterocycles. The highest BCUT2D eigenvalue weighted by atomic mass is 32.1. The Kier molecular flexibility index (Phi) is 6.33. The Morgan fingerprint density at radius 1 is 1.40 bits per heavy atom. The minimum atomic E-state index is 0.886. The van der Waals surface area contributed by atoms with Gasteiger partial charge in [-0.05, 0) is 36.8 Å². The van der Waals surface area contributed by atoms with E-state index in [-0.39, 0.29) is 0 Å². The van der Waals surface area contributed by atoms with Crippen LogP contribution >= 0.6 is 11.3 Å². The molecule has 0 aliphatic carbocycles. The standard InChI is InChI=1S/C15H26N4S/c1-3-7-17-15(16-4-2)18-8-10-19-9-5-14-13(12-19)6-11-20-14/h6,11H,3-5,7-10,12H2,1-2H3,(H2,16,17,18). The summed E-state index contributed by atoms with van der Waals surface area (Å²) in [6.07, 6.45) is 2.29. The van der Waals surface area contributed by atoms with E-state index in [4.69, 9.17) is 0 Å². The molecule has 20 heavy (non-hydrogen) atoms. The van der Waals surface area contributed by atoms with Gasteiger partial charge in [-0.2, -0.15) is 0 Å². The maximum absolute atomic E-state index is 4.52. The third kappa shape index (κ3) is 4.49. The maximum Gasteiger partial charge on any atom is 0.191 e. The second-order valence-corrected chi connectivity index (χ2v) is 6.08. The molecule has 0 saturated carbocycles. The maximum atomic E-state index is 4.52. The molecule has 0 atom stereocenters. The number of nitrogens with zero attached hydrogens (tertiary/aromatic N) is 2. The summed E-state index contributed by atoms with van der Waals surface area (Å²) in [5.41, 5.74) is 1.52. The van der Waals surface area contributed by atoms with Crippen LogP contribution in [0.3, 0.4) is 0 Å². The fourth-order valence-corrected chi connectivity index (χ4v) is 3.29. The predicted octanol–water partition coefficient (Wildman–Crippen LogP) is 2.07. The van der Waals surface area contributed by atoms with Crippen molar-refractivity contribution in [1.82, 2.24) is 15.5 Å². The number of nitrogens with one attached hydrogen (secondary N) is 2. The van der Waals surface area contributed by atoms with Crippen molar-refractivity contribution in [3.05, 3.63) is 21.9 Å². The van der Waals surface area contributed by atoms with Gasteiger partial charge in [0.05, 0.1) is 0 Å². The summed E-state index contributed by atoms with van der Waals surface area (Å²) in [5, 5.41) is 8.92. The molecule has 1 aromatic heterocycles. The van der Waals surface area contributed by atoms with Gasteiger partial charge >= 0.3 is 0 Å². The monoisotopic (exact) mass is 294 g/mol. The molecule has 0 aromatic carbocycles. The van der Waals surface area contributed by atoms with E-state index >= 15 is 0 Å². The molecule has 0 fully saturated rings.